The topological polar surface area (TPSA) is 50.8 Å². The fourth-order valence-electron chi connectivity index (χ4n) is 3.45. The Kier molecular flexibility index (Phi) is 5.79. The Morgan fingerprint density at radius 1 is 1.23 bits per heavy atom. The van der Waals surface area contributed by atoms with E-state index < -0.39 is 18.0 Å². The van der Waals surface area contributed by atoms with Crippen LogP contribution in [0.3, 0.4) is 0 Å². The molecule has 156 valence electrons. The minimum absolute atomic E-state index is 0.0615. The second-order valence-electron chi connectivity index (χ2n) is 6.89. The molecule has 0 saturated carbocycles. The molecule has 0 fully saturated rings. The number of guanidine groups is 1. The summed E-state index contributed by atoms with van der Waals surface area (Å²) in [6.07, 6.45) is 0.583. The summed E-state index contributed by atoms with van der Waals surface area (Å²) >= 11 is 0. The maximum absolute atomic E-state index is 14.3. The zero-order chi connectivity index (χ0) is 22.1. The largest absolute Gasteiger partial charge is 0.435 e. The van der Waals surface area contributed by atoms with E-state index in [1.54, 1.807) is 43.1 Å². The number of rotatable bonds is 4. The molecule has 0 spiro atoms. The molecule has 4 nitrogen and oxygen atoms in total. The molecule has 0 bridgehead atoms. The first kappa shape index (κ1) is 21.3. The predicted octanol–water partition coefficient (Wildman–Crippen LogP) is 4.51. The molecular weight excluding hydrogens is 391 g/mol. The van der Waals surface area contributed by atoms with Crippen LogP contribution in [0.25, 0.3) is 0 Å². The summed E-state index contributed by atoms with van der Waals surface area (Å²) in [6, 6.07) is 9.34. The van der Waals surface area contributed by atoms with Crippen molar-refractivity contribution in [3.8, 4) is 17.6 Å². The smallest absolute Gasteiger partial charge is 0.387 e. The first-order valence-corrected chi connectivity index (χ1v) is 9.34. The average Bonchev–Trinajstić information content (AvgIpc) is 2.93. The van der Waals surface area contributed by atoms with E-state index in [0.717, 1.165) is 0 Å². The average molecular weight is 413 g/mol. The van der Waals surface area contributed by atoms with Crippen molar-refractivity contribution < 1.29 is 17.9 Å². The fraction of sp³-hybridized carbons (Fsp3) is 0.261. The number of ether oxygens (including phenoxy) is 1. The first-order chi connectivity index (χ1) is 14.2. The van der Waals surface area contributed by atoms with Crippen molar-refractivity contribution in [3.63, 3.8) is 0 Å². The van der Waals surface area contributed by atoms with E-state index in [-0.39, 0.29) is 17.3 Å². The van der Waals surface area contributed by atoms with Gasteiger partial charge in [0.1, 0.15) is 11.6 Å². The quantitative estimate of drug-likeness (QED) is 0.750. The molecule has 1 aliphatic heterocycles. The Morgan fingerprint density at radius 2 is 1.90 bits per heavy atom. The zero-order valence-electron chi connectivity index (χ0n) is 17.0. The number of benzene rings is 2. The normalized spacial score (nSPS) is 18.3. The molecule has 0 saturated heterocycles. The van der Waals surface area contributed by atoms with Gasteiger partial charge in [-0.15, -0.1) is 0 Å². The first-order valence-electron chi connectivity index (χ1n) is 9.34. The molecule has 0 aromatic heterocycles. The zero-order valence-corrected chi connectivity index (χ0v) is 17.0. The van der Waals surface area contributed by atoms with Gasteiger partial charge in [0.2, 0.25) is 0 Å². The van der Waals surface area contributed by atoms with Crippen molar-refractivity contribution in [2.24, 2.45) is 10.7 Å². The van der Waals surface area contributed by atoms with Gasteiger partial charge in [0.05, 0.1) is 11.3 Å². The maximum atomic E-state index is 14.3. The molecule has 1 unspecified atom stereocenters. The van der Waals surface area contributed by atoms with Crippen molar-refractivity contribution in [3.05, 3.63) is 76.7 Å². The van der Waals surface area contributed by atoms with E-state index in [4.69, 9.17) is 5.73 Å². The Balaban J connectivity index is 2.23. The molecule has 30 heavy (non-hydrogen) atoms. The summed E-state index contributed by atoms with van der Waals surface area (Å²) in [5, 5.41) is 0. The number of aliphatic imine (C=N–C) groups is 1. The standard InChI is InChI=1S/C23H22F3N3O/c1-5-6-7-16-13-18(8-10-19(16)24)23(15(3)29(4)22(27)28-23)17-9-11-20(14(2)12-17)30-21(25)26/h8-13,21H,3,5H2,1-2,4H3,(H2,27,28). The highest BCUT2D eigenvalue weighted by Gasteiger charge is 2.45. The monoisotopic (exact) mass is 413 g/mol. The third-order valence-electron chi connectivity index (χ3n) is 5.04. The fourth-order valence-corrected chi connectivity index (χ4v) is 3.45. The van der Waals surface area contributed by atoms with Crippen LogP contribution in [0.4, 0.5) is 13.2 Å². The van der Waals surface area contributed by atoms with Gasteiger partial charge in [-0.1, -0.05) is 37.5 Å². The van der Waals surface area contributed by atoms with E-state index in [0.29, 0.717) is 28.8 Å². The number of nitrogens with zero attached hydrogens (tertiary/aromatic N) is 2. The molecule has 0 amide bonds. The van der Waals surface area contributed by atoms with E-state index in [1.807, 2.05) is 6.92 Å². The van der Waals surface area contributed by atoms with Gasteiger partial charge in [-0.2, -0.15) is 8.78 Å². The van der Waals surface area contributed by atoms with Gasteiger partial charge >= 0.3 is 6.61 Å². The molecule has 2 aromatic rings. The van der Waals surface area contributed by atoms with Gasteiger partial charge in [0.25, 0.3) is 0 Å². The van der Waals surface area contributed by atoms with E-state index in [1.165, 1.54) is 12.1 Å². The second kappa shape index (κ2) is 8.15. The van der Waals surface area contributed by atoms with Crippen molar-refractivity contribution in [1.29, 1.82) is 0 Å². The SMILES string of the molecule is C=C1N(C)C(N)=NC1(c1ccc(OC(F)F)c(C)c1)c1ccc(F)c(C#CCC)c1. The van der Waals surface area contributed by atoms with Crippen LogP contribution in [-0.4, -0.2) is 24.5 Å². The Morgan fingerprint density at radius 3 is 2.47 bits per heavy atom. The number of halogens is 3. The minimum Gasteiger partial charge on any atom is -0.435 e. The van der Waals surface area contributed by atoms with Crippen LogP contribution in [-0.2, 0) is 5.54 Å². The van der Waals surface area contributed by atoms with Gasteiger partial charge in [-0.25, -0.2) is 9.38 Å². The number of hydrogen-bond acceptors (Lipinski definition) is 4. The van der Waals surface area contributed by atoms with Gasteiger partial charge in [0, 0.05) is 13.5 Å². The molecule has 7 heteroatoms. The Bertz CT molecular complexity index is 1080. The van der Waals surface area contributed by atoms with Gasteiger partial charge < -0.3 is 15.4 Å². The predicted molar refractivity (Wildman–Crippen MR) is 111 cm³/mol. The lowest BCUT2D eigenvalue weighted by Crippen LogP contribution is -2.32. The lowest BCUT2D eigenvalue weighted by molar-refractivity contribution is -0.0503. The Labute approximate surface area is 173 Å². The van der Waals surface area contributed by atoms with Gasteiger partial charge in [-0.3, -0.25) is 0 Å². The minimum atomic E-state index is -2.93. The molecule has 2 N–H and O–H groups in total. The molecule has 2 aromatic carbocycles. The van der Waals surface area contributed by atoms with E-state index in [9.17, 15) is 13.2 Å². The summed E-state index contributed by atoms with van der Waals surface area (Å²) in [6.45, 7) is 4.76. The van der Waals surface area contributed by atoms with Crippen molar-refractivity contribution in [1.82, 2.24) is 4.90 Å². The van der Waals surface area contributed by atoms with E-state index in [2.05, 4.69) is 28.1 Å². The summed E-state index contributed by atoms with van der Waals surface area (Å²) in [7, 11) is 1.73. The number of likely N-dealkylation sites (N-methyl/N-ethyl adjacent to an activating group) is 1. The number of aryl methyl sites for hydroxylation is 1. The van der Waals surface area contributed by atoms with Gasteiger partial charge in [-0.05, 0) is 47.9 Å². The summed E-state index contributed by atoms with van der Waals surface area (Å²) < 4.78 is 44.2. The van der Waals surface area contributed by atoms with Crippen LogP contribution in [0, 0.1) is 24.6 Å². The number of hydrogen-bond donors (Lipinski definition) is 1. The molecule has 0 radical (unpaired) electrons. The van der Waals surface area contributed by atoms with Crippen molar-refractivity contribution >= 4 is 5.96 Å². The van der Waals surface area contributed by atoms with E-state index >= 15 is 0 Å². The van der Waals surface area contributed by atoms with Crippen molar-refractivity contribution in [2.75, 3.05) is 7.05 Å². The van der Waals surface area contributed by atoms with Crippen LogP contribution in [0.1, 0.15) is 35.6 Å². The van der Waals surface area contributed by atoms with Crippen molar-refractivity contribution in [2.45, 2.75) is 32.4 Å². The van der Waals surface area contributed by atoms with Crippen LogP contribution >= 0.6 is 0 Å². The van der Waals surface area contributed by atoms with Crippen LogP contribution in [0.5, 0.6) is 5.75 Å². The molecule has 1 heterocycles. The highest BCUT2D eigenvalue weighted by atomic mass is 19.3. The number of nitrogens with two attached hydrogens (primary N) is 1. The molecule has 0 aliphatic carbocycles. The third kappa shape index (κ3) is 3.61. The third-order valence-corrected chi connectivity index (χ3v) is 5.04. The summed E-state index contributed by atoms with van der Waals surface area (Å²) in [5.41, 5.74) is 7.47. The lowest BCUT2D eigenvalue weighted by atomic mass is 9.80. The lowest BCUT2D eigenvalue weighted by Gasteiger charge is -2.31. The van der Waals surface area contributed by atoms with Crippen LogP contribution in [0.2, 0.25) is 0 Å². The maximum Gasteiger partial charge on any atom is 0.387 e. The second-order valence-corrected chi connectivity index (χ2v) is 6.89. The molecular formula is C23H22F3N3O. The molecule has 3 rings (SSSR count). The summed E-state index contributed by atoms with van der Waals surface area (Å²) in [4.78, 5) is 6.31. The highest BCUT2D eigenvalue weighted by molar-refractivity contribution is 5.85. The Hall–Kier alpha value is -3.40. The molecule has 1 aliphatic rings. The summed E-state index contributed by atoms with van der Waals surface area (Å²) in [5.74, 6) is 5.54. The number of alkyl halides is 2. The van der Waals surface area contributed by atoms with Crippen LogP contribution < -0.4 is 10.5 Å². The van der Waals surface area contributed by atoms with Crippen LogP contribution in [0.15, 0.2) is 53.7 Å². The highest BCUT2D eigenvalue weighted by Crippen LogP contribution is 2.45. The molecule has 1 atom stereocenters. The van der Waals surface area contributed by atoms with Gasteiger partial charge in [0.15, 0.2) is 11.5 Å².